The molecule has 1 saturated heterocycles. The molecule has 1 amide bonds. The van der Waals surface area contributed by atoms with Crippen molar-refractivity contribution in [3.8, 4) is 5.69 Å². The lowest BCUT2D eigenvalue weighted by Crippen LogP contribution is -2.27. The Hall–Kier alpha value is -3.47. The van der Waals surface area contributed by atoms with Crippen LogP contribution in [0.2, 0.25) is 0 Å². The van der Waals surface area contributed by atoms with E-state index in [0.717, 1.165) is 24.1 Å². The van der Waals surface area contributed by atoms with Crippen LogP contribution in [0.25, 0.3) is 16.6 Å². The number of aromatic nitrogens is 2. The van der Waals surface area contributed by atoms with Crippen molar-refractivity contribution in [3.63, 3.8) is 0 Å². The van der Waals surface area contributed by atoms with Crippen LogP contribution in [0.4, 0.5) is 5.69 Å². The van der Waals surface area contributed by atoms with Gasteiger partial charge in [-0.2, -0.15) is 4.31 Å². The van der Waals surface area contributed by atoms with Crippen molar-refractivity contribution < 1.29 is 13.2 Å². The Kier molecular flexibility index (Phi) is 7.88. The van der Waals surface area contributed by atoms with Crippen molar-refractivity contribution in [2.75, 3.05) is 24.2 Å². The van der Waals surface area contributed by atoms with Crippen LogP contribution in [0.15, 0.2) is 87.6 Å². The highest BCUT2D eigenvalue weighted by molar-refractivity contribution is 7.99. The largest absolute Gasteiger partial charge is 0.325 e. The van der Waals surface area contributed by atoms with Crippen molar-refractivity contribution in [2.24, 2.45) is 0 Å². The molecular weight excluding hydrogens is 532 g/mol. The molecule has 0 atom stereocenters. The molecule has 0 unspecified atom stereocenters. The van der Waals surface area contributed by atoms with Gasteiger partial charge in [-0.1, -0.05) is 55.9 Å². The summed E-state index contributed by atoms with van der Waals surface area (Å²) in [7, 11) is -3.52. The third-order valence-electron chi connectivity index (χ3n) is 6.72. The summed E-state index contributed by atoms with van der Waals surface area (Å²) in [4.78, 5) is 31.5. The van der Waals surface area contributed by atoms with Crippen LogP contribution in [0.5, 0.6) is 0 Å². The van der Waals surface area contributed by atoms with Gasteiger partial charge in [-0.25, -0.2) is 13.4 Å². The predicted molar refractivity (Wildman–Crippen MR) is 155 cm³/mol. The highest BCUT2D eigenvalue weighted by Gasteiger charge is 2.27. The normalized spacial score (nSPS) is 14.2. The molecule has 1 aliphatic heterocycles. The first kappa shape index (κ1) is 27.1. The Bertz CT molecular complexity index is 1680. The van der Waals surface area contributed by atoms with E-state index in [1.807, 2.05) is 36.4 Å². The minimum Gasteiger partial charge on any atom is -0.325 e. The van der Waals surface area contributed by atoms with Crippen molar-refractivity contribution in [1.29, 1.82) is 0 Å². The molecule has 1 aliphatic rings. The van der Waals surface area contributed by atoms with Crippen LogP contribution in [-0.2, 0) is 14.8 Å². The van der Waals surface area contributed by atoms with E-state index in [-0.39, 0.29) is 28.0 Å². The summed E-state index contributed by atoms with van der Waals surface area (Å²) < 4.78 is 28.6. The minimum atomic E-state index is -3.52. The highest BCUT2D eigenvalue weighted by Crippen LogP contribution is 2.27. The fourth-order valence-corrected chi connectivity index (χ4v) is 7.04. The van der Waals surface area contributed by atoms with Gasteiger partial charge in [0.25, 0.3) is 5.56 Å². The van der Waals surface area contributed by atoms with E-state index < -0.39 is 10.0 Å². The number of thioether (sulfide) groups is 1. The first-order valence-electron chi connectivity index (χ1n) is 12.9. The number of benzene rings is 3. The Morgan fingerprint density at radius 1 is 0.974 bits per heavy atom. The molecule has 3 aromatic carbocycles. The van der Waals surface area contributed by atoms with Gasteiger partial charge < -0.3 is 5.32 Å². The van der Waals surface area contributed by atoms with Gasteiger partial charge in [-0.15, -0.1) is 0 Å². The lowest BCUT2D eigenvalue weighted by Gasteiger charge is -2.18. The number of hydrogen-bond acceptors (Lipinski definition) is 6. The van der Waals surface area contributed by atoms with Gasteiger partial charge in [0.1, 0.15) is 0 Å². The molecule has 8 nitrogen and oxygen atoms in total. The molecule has 10 heteroatoms. The average molecular weight is 563 g/mol. The number of carbonyl (C=O) groups excluding carboxylic acids is 1. The van der Waals surface area contributed by atoms with Gasteiger partial charge >= 0.3 is 0 Å². The maximum atomic E-state index is 13.6. The standard InChI is InChI=1S/C29H30N4O4S2/c1-20(2)23-9-4-6-12-26(23)33-28(35)24-10-3-5-11-25(24)31-29(33)38-19-27(34)30-21-13-15-22(16-14-21)39(36,37)32-17-7-8-18-32/h3-6,9-16,20H,7-8,17-19H2,1-2H3,(H,30,34). The Labute approximate surface area is 232 Å². The monoisotopic (exact) mass is 562 g/mol. The van der Waals surface area contributed by atoms with Gasteiger partial charge in [-0.05, 0) is 66.8 Å². The number of carbonyl (C=O) groups is 1. The van der Waals surface area contributed by atoms with Crippen LogP contribution >= 0.6 is 11.8 Å². The molecule has 0 aliphatic carbocycles. The van der Waals surface area contributed by atoms with E-state index in [2.05, 4.69) is 19.2 Å². The van der Waals surface area contributed by atoms with E-state index in [9.17, 15) is 18.0 Å². The number of sulfonamides is 1. The second kappa shape index (κ2) is 11.3. The summed E-state index contributed by atoms with van der Waals surface area (Å²) in [5.74, 6) is -0.0955. The number of para-hydroxylation sites is 2. The van der Waals surface area contributed by atoms with Gasteiger partial charge in [0.05, 0.1) is 27.2 Å². The molecule has 5 rings (SSSR count). The maximum Gasteiger partial charge on any atom is 0.266 e. The summed E-state index contributed by atoms with van der Waals surface area (Å²) in [6.45, 7) is 5.21. The molecule has 1 N–H and O–H groups in total. The van der Waals surface area contributed by atoms with Gasteiger partial charge in [-0.3, -0.25) is 14.2 Å². The second-order valence-corrected chi connectivity index (χ2v) is 12.6. The smallest absolute Gasteiger partial charge is 0.266 e. The molecular formula is C29H30N4O4S2. The van der Waals surface area contributed by atoms with E-state index >= 15 is 0 Å². The van der Waals surface area contributed by atoms with Gasteiger partial charge in [0.15, 0.2) is 5.16 Å². The highest BCUT2D eigenvalue weighted by atomic mass is 32.2. The Morgan fingerprint density at radius 3 is 2.36 bits per heavy atom. The number of nitrogens with one attached hydrogen (secondary N) is 1. The lowest BCUT2D eigenvalue weighted by atomic mass is 10.0. The van der Waals surface area contributed by atoms with Crippen LogP contribution in [0.1, 0.15) is 38.2 Å². The van der Waals surface area contributed by atoms with Gasteiger partial charge in [0, 0.05) is 18.8 Å². The second-order valence-electron chi connectivity index (χ2n) is 9.74. The quantitative estimate of drug-likeness (QED) is 0.239. The molecule has 2 heterocycles. The van der Waals surface area contributed by atoms with E-state index in [0.29, 0.717) is 34.8 Å². The van der Waals surface area contributed by atoms with Gasteiger partial charge in [0.2, 0.25) is 15.9 Å². The molecule has 202 valence electrons. The van der Waals surface area contributed by atoms with E-state index in [1.165, 1.54) is 28.2 Å². The SMILES string of the molecule is CC(C)c1ccccc1-n1c(SCC(=O)Nc2ccc(S(=O)(=O)N3CCCC3)cc2)nc2ccccc2c1=O. The third-order valence-corrected chi connectivity index (χ3v) is 9.57. The molecule has 39 heavy (non-hydrogen) atoms. The minimum absolute atomic E-state index is 0.0163. The molecule has 0 bridgehead atoms. The Balaban J connectivity index is 1.38. The summed E-state index contributed by atoms with van der Waals surface area (Å²) in [6, 6.07) is 21.1. The topological polar surface area (TPSA) is 101 Å². The van der Waals surface area contributed by atoms with E-state index in [1.54, 1.807) is 28.8 Å². The van der Waals surface area contributed by atoms with E-state index in [4.69, 9.17) is 4.98 Å². The zero-order valence-corrected chi connectivity index (χ0v) is 23.5. The fourth-order valence-electron chi connectivity index (χ4n) is 4.72. The lowest BCUT2D eigenvalue weighted by molar-refractivity contribution is -0.113. The van der Waals surface area contributed by atoms with Crippen LogP contribution in [-0.4, -0.2) is 47.0 Å². The van der Waals surface area contributed by atoms with Crippen molar-refractivity contribution in [3.05, 3.63) is 88.7 Å². The summed E-state index contributed by atoms with van der Waals surface area (Å²) in [6.07, 6.45) is 1.74. The van der Waals surface area contributed by atoms with Crippen LogP contribution < -0.4 is 10.9 Å². The first-order chi connectivity index (χ1) is 18.8. The summed E-state index contributed by atoms with van der Waals surface area (Å²) >= 11 is 1.18. The summed E-state index contributed by atoms with van der Waals surface area (Å²) in [5.41, 5.74) is 2.63. The first-order valence-corrected chi connectivity index (χ1v) is 15.3. The van der Waals surface area contributed by atoms with Crippen LogP contribution in [0.3, 0.4) is 0 Å². The molecule has 1 fully saturated rings. The third kappa shape index (κ3) is 5.63. The number of amides is 1. The average Bonchev–Trinajstić information content (AvgIpc) is 3.49. The molecule has 4 aromatic rings. The number of rotatable bonds is 8. The van der Waals surface area contributed by atoms with Crippen molar-refractivity contribution >= 4 is 44.3 Å². The number of fused-ring (bicyclic) bond motifs is 1. The number of nitrogens with zero attached hydrogens (tertiary/aromatic N) is 3. The zero-order chi connectivity index (χ0) is 27.6. The molecule has 0 radical (unpaired) electrons. The number of hydrogen-bond donors (Lipinski definition) is 1. The molecule has 0 saturated carbocycles. The zero-order valence-electron chi connectivity index (χ0n) is 21.8. The fraction of sp³-hybridized carbons (Fsp3) is 0.276. The molecule has 1 aromatic heterocycles. The van der Waals surface area contributed by atoms with Crippen molar-refractivity contribution in [1.82, 2.24) is 13.9 Å². The molecule has 0 spiro atoms. The maximum absolute atomic E-state index is 13.6. The van der Waals surface area contributed by atoms with Crippen LogP contribution in [0, 0.1) is 0 Å². The summed E-state index contributed by atoms with van der Waals surface area (Å²) in [5, 5.41) is 3.75. The van der Waals surface area contributed by atoms with Crippen molar-refractivity contribution in [2.45, 2.75) is 42.7 Å². The predicted octanol–water partition coefficient (Wildman–Crippen LogP) is 5.02. The Morgan fingerprint density at radius 2 is 1.64 bits per heavy atom. The number of anilines is 1.